The van der Waals surface area contributed by atoms with E-state index in [4.69, 9.17) is 4.74 Å². The second-order valence-electron chi connectivity index (χ2n) is 5.14. The van der Waals surface area contributed by atoms with Crippen molar-refractivity contribution in [2.24, 2.45) is 5.92 Å². The molecule has 0 amide bonds. The minimum atomic E-state index is 0.497. The van der Waals surface area contributed by atoms with Crippen LogP contribution >= 0.6 is 0 Å². The third-order valence-electron chi connectivity index (χ3n) is 3.30. The van der Waals surface area contributed by atoms with Gasteiger partial charge < -0.3 is 10.1 Å². The molecule has 1 aromatic rings. The summed E-state index contributed by atoms with van der Waals surface area (Å²) in [4.78, 5) is 0. The molecule has 2 heteroatoms. The standard InChI is InChI=1S/C16H27NO/c1-5-14(6-2)12-18-16-10-8-7-9-15(16)11-17-13(3)4/h7-10,13-14,17H,5-6,11-12H2,1-4H3. The van der Waals surface area contributed by atoms with Crippen LogP contribution < -0.4 is 10.1 Å². The molecule has 0 bridgehead atoms. The second kappa shape index (κ2) is 8.15. The number of rotatable bonds is 8. The Morgan fingerprint density at radius 1 is 1.11 bits per heavy atom. The van der Waals surface area contributed by atoms with Crippen LogP contribution in [0.1, 0.15) is 46.1 Å². The first-order chi connectivity index (χ1) is 8.67. The highest BCUT2D eigenvalue weighted by atomic mass is 16.5. The third kappa shape index (κ3) is 5.09. The summed E-state index contributed by atoms with van der Waals surface area (Å²) in [6, 6.07) is 8.82. The Bertz CT molecular complexity index is 332. The molecule has 0 saturated carbocycles. The minimum absolute atomic E-state index is 0.497. The lowest BCUT2D eigenvalue weighted by Gasteiger charge is -2.17. The molecule has 0 aliphatic rings. The molecule has 0 radical (unpaired) electrons. The van der Waals surface area contributed by atoms with Crippen molar-refractivity contribution in [3.63, 3.8) is 0 Å². The van der Waals surface area contributed by atoms with Crippen molar-refractivity contribution in [2.45, 2.75) is 53.1 Å². The van der Waals surface area contributed by atoms with E-state index in [2.05, 4.69) is 51.2 Å². The largest absolute Gasteiger partial charge is 0.493 e. The van der Waals surface area contributed by atoms with Gasteiger partial charge in [-0.15, -0.1) is 0 Å². The van der Waals surface area contributed by atoms with Gasteiger partial charge in [-0.3, -0.25) is 0 Å². The molecule has 0 atom stereocenters. The Labute approximate surface area is 112 Å². The van der Waals surface area contributed by atoms with E-state index >= 15 is 0 Å². The number of ether oxygens (including phenoxy) is 1. The zero-order valence-electron chi connectivity index (χ0n) is 12.2. The highest BCUT2D eigenvalue weighted by molar-refractivity contribution is 5.33. The van der Waals surface area contributed by atoms with Crippen molar-refractivity contribution in [2.75, 3.05) is 6.61 Å². The lowest BCUT2D eigenvalue weighted by atomic mass is 10.1. The van der Waals surface area contributed by atoms with E-state index in [0.29, 0.717) is 12.0 Å². The summed E-state index contributed by atoms with van der Waals surface area (Å²) in [6.45, 7) is 10.5. The molecule has 0 heterocycles. The maximum Gasteiger partial charge on any atom is 0.123 e. The van der Waals surface area contributed by atoms with Gasteiger partial charge in [0.15, 0.2) is 0 Å². The fraction of sp³-hybridized carbons (Fsp3) is 0.625. The zero-order valence-corrected chi connectivity index (χ0v) is 12.2. The monoisotopic (exact) mass is 249 g/mol. The van der Waals surface area contributed by atoms with Gasteiger partial charge in [0.25, 0.3) is 0 Å². The van der Waals surface area contributed by atoms with Gasteiger partial charge in [0.1, 0.15) is 5.75 Å². The van der Waals surface area contributed by atoms with Crippen LogP contribution in [0.2, 0.25) is 0 Å². The van der Waals surface area contributed by atoms with Gasteiger partial charge >= 0.3 is 0 Å². The number of benzene rings is 1. The fourth-order valence-corrected chi connectivity index (χ4v) is 1.84. The molecular formula is C16H27NO. The number of hydrogen-bond acceptors (Lipinski definition) is 2. The summed E-state index contributed by atoms with van der Waals surface area (Å²) in [5.74, 6) is 1.69. The molecule has 0 unspecified atom stereocenters. The summed E-state index contributed by atoms with van der Waals surface area (Å²) in [5, 5.41) is 3.44. The van der Waals surface area contributed by atoms with E-state index in [0.717, 1.165) is 18.9 Å². The third-order valence-corrected chi connectivity index (χ3v) is 3.30. The Morgan fingerprint density at radius 3 is 2.39 bits per heavy atom. The molecular weight excluding hydrogens is 222 g/mol. The number of para-hydroxylation sites is 1. The molecule has 0 saturated heterocycles. The summed E-state index contributed by atoms with van der Waals surface area (Å²) in [5.41, 5.74) is 1.25. The van der Waals surface area contributed by atoms with Gasteiger partial charge in [-0.1, -0.05) is 58.7 Å². The Kier molecular flexibility index (Phi) is 6.81. The first-order valence-corrected chi connectivity index (χ1v) is 7.11. The van der Waals surface area contributed by atoms with E-state index in [1.54, 1.807) is 0 Å². The van der Waals surface area contributed by atoms with Gasteiger partial charge in [0.05, 0.1) is 6.61 Å². The Hall–Kier alpha value is -1.02. The van der Waals surface area contributed by atoms with Crippen molar-refractivity contribution in [3.8, 4) is 5.75 Å². The minimum Gasteiger partial charge on any atom is -0.493 e. The van der Waals surface area contributed by atoms with Crippen molar-refractivity contribution >= 4 is 0 Å². The van der Waals surface area contributed by atoms with Crippen LogP contribution in [0.25, 0.3) is 0 Å². The molecule has 1 aromatic carbocycles. The smallest absolute Gasteiger partial charge is 0.123 e. The summed E-state index contributed by atoms with van der Waals surface area (Å²) in [7, 11) is 0. The normalized spacial score (nSPS) is 11.2. The molecule has 0 aliphatic heterocycles. The summed E-state index contributed by atoms with van der Waals surface area (Å²) >= 11 is 0. The van der Waals surface area contributed by atoms with Crippen LogP contribution in [0, 0.1) is 5.92 Å². The second-order valence-corrected chi connectivity index (χ2v) is 5.14. The summed E-state index contributed by atoms with van der Waals surface area (Å²) in [6.07, 6.45) is 2.37. The molecule has 0 aromatic heterocycles. The molecule has 0 aliphatic carbocycles. The quantitative estimate of drug-likeness (QED) is 0.752. The van der Waals surface area contributed by atoms with Gasteiger partial charge in [0, 0.05) is 18.2 Å². The van der Waals surface area contributed by atoms with Crippen LogP contribution in [-0.4, -0.2) is 12.6 Å². The molecule has 102 valence electrons. The van der Waals surface area contributed by atoms with E-state index in [-0.39, 0.29) is 0 Å². The highest BCUT2D eigenvalue weighted by Gasteiger charge is 2.07. The molecule has 1 rings (SSSR count). The van der Waals surface area contributed by atoms with Crippen LogP contribution in [0.5, 0.6) is 5.75 Å². The Morgan fingerprint density at radius 2 is 1.78 bits per heavy atom. The predicted octanol–water partition coefficient (Wildman–Crippen LogP) is 4.00. The highest BCUT2D eigenvalue weighted by Crippen LogP contribution is 2.20. The van der Waals surface area contributed by atoms with Crippen molar-refractivity contribution in [1.29, 1.82) is 0 Å². The van der Waals surface area contributed by atoms with E-state index in [1.807, 2.05) is 6.07 Å². The SMILES string of the molecule is CCC(CC)COc1ccccc1CNC(C)C. The van der Waals surface area contributed by atoms with Crippen molar-refractivity contribution in [3.05, 3.63) is 29.8 Å². The van der Waals surface area contributed by atoms with Crippen molar-refractivity contribution < 1.29 is 4.74 Å². The van der Waals surface area contributed by atoms with E-state index < -0.39 is 0 Å². The molecule has 0 fully saturated rings. The van der Waals surface area contributed by atoms with Crippen molar-refractivity contribution in [1.82, 2.24) is 5.32 Å². The van der Waals surface area contributed by atoms with Gasteiger partial charge in [-0.05, 0) is 12.0 Å². The fourth-order valence-electron chi connectivity index (χ4n) is 1.84. The maximum atomic E-state index is 5.97. The molecule has 0 spiro atoms. The van der Waals surface area contributed by atoms with Gasteiger partial charge in [-0.2, -0.15) is 0 Å². The van der Waals surface area contributed by atoms with Gasteiger partial charge in [-0.25, -0.2) is 0 Å². The topological polar surface area (TPSA) is 21.3 Å². The van der Waals surface area contributed by atoms with Crippen LogP contribution in [0.4, 0.5) is 0 Å². The maximum absolute atomic E-state index is 5.97. The van der Waals surface area contributed by atoms with E-state index in [1.165, 1.54) is 18.4 Å². The lowest BCUT2D eigenvalue weighted by Crippen LogP contribution is -2.22. The van der Waals surface area contributed by atoms with Crippen LogP contribution in [-0.2, 0) is 6.54 Å². The van der Waals surface area contributed by atoms with Gasteiger partial charge in [0.2, 0.25) is 0 Å². The Balaban J connectivity index is 2.58. The lowest BCUT2D eigenvalue weighted by molar-refractivity contribution is 0.238. The van der Waals surface area contributed by atoms with E-state index in [9.17, 15) is 0 Å². The molecule has 2 nitrogen and oxygen atoms in total. The molecule has 18 heavy (non-hydrogen) atoms. The zero-order chi connectivity index (χ0) is 13.4. The first kappa shape index (κ1) is 15.0. The average molecular weight is 249 g/mol. The summed E-state index contributed by atoms with van der Waals surface area (Å²) < 4.78 is 5.97. The predicted molar refractivity (Wildman–Crippen MR) is 78.0 cm³/mol. The van der Waals surface area contributed by atoms with Crippen LogP contribution in [0.3, 0.4) is 0 Å². The average Bonchev–Trinajstić information content (AvgIpc) is 2.38. The van der Waals surface area contributed by atoms with Crippen LogP contribution in [0.15, 0.2) is 24.3 Å². The molecule has 1 N–H and O–H groups in total. The first-order valence-electron chi connectivity index (χ1n) is 7.11. The number of nitrogens with one attached hydrogen (secondary N) is 1. The number of hydrogen-bond donors (Lipinski definition) is 1.